The number of halogens is 2. The summed E-state index contributed by atoms with van der Waals surface area (Å²) in [6.45, 7) is 1.75. The number of urea groups is 1. The lowest BCUT2D eigenvalue weighted by atomic mass is 10.1. The fourth-order valence-corrected chi connectivity index (χ4v) is 4.71. The highest BCUT2D eigenvalue weighted by Gasteiger charge is 2.37. The number of rotatable bonds is 9. The lowest BCUT2D eigenvalue weighted by molar-refractivity contribution is -0.122. The topological polar surface area (TPSA) is 123 Å². The van der Waals surface area contributed by atoms with E-state index in [0.717, 1.165) is 4.90 Å². The van der Waals surface area contributed by atoms with Crippen molar-refractivity contribution in [3.05, 3.63) is 80.4 Å². The van der Waals surface area contributed by atoms with E-state index in [1.807, 2.05) is 22.6 Å². The molecule has 2 N–H and O–H groups in total. The SMILES string of the molecule is CCOc1cc(/C=C2\C(=O)NC(=O)N(c3ccc(OC)cc3)C2=O)cc(I)c1OCC(=O)Nc1ccccc1Cl. The number of ether oxygens (including phenoxy) is 3. The second kappa shape index (κ2) is 12.8. The lowest BCUT2D eigenvalue weighted by Crippen LogP contribution is -2.54. The first kappa shape index (κ1) is 28.9. The van der Waals surface area contributed by atoms with Gasteiger partial charge in [0.1, 0.15) is 11.3 Å². The molecule has 0 unspecified atom stereocenters. The number of benzene rings is 3. The molecule has 4 rings (SSSR count). The minimum atomic E-state index is -0.860. The summed E-state index contributed by atoms with van der Waals surface area (Å²) < 4.78 is 17.2. The number of barbiturate groups is 1. The number of carbonyl (C=O) groups excluding carboxylic acids is 4. The molecule has 1 saturated heterocycles. The van der Waals surface area contributed by atoms with E-state index in [4.69, 9.17) is 25.8 Å². The van der Waals surface area contributed by atoms with E-state index in [1.165, 1.54) is 25.3 Å². The summed E-state index contributed by atoms with van der Waals surface area (Å²) in [5.41, 5.74) is 0.923. The zero-order valence-electron chi connectivity index (χ0n) is 21.3. The van der Waals surface area contributed by atoms with Gasteiger partial charge in [0.05, 0.1) is 33.7 Å². The second-order valence-electron chi connectivity index (χ2n) is 8.24. The molecule has 0 aromatic heterocycles. The van der Waals surface area contributed by atoms with Gasteiger partial charge in [-0.2, -0.15) is 0 Å². The molecule has 0 radical (unpaired) electrons. The van der Waals surface area contributed by atoms with Crippen LogP contribution in [0.25, 0.3) is 6.08 Å². The fourth-order valence-electron chi connectivity index (χ4n) is 3.75. The average Bonchev–Trinajstić information content (AvgIpc) is 2.92. The van der Waals surface area contributed by atoms with Gasteiger partial charge in [-0.1, -0.05) is 23.7 Å². The zero-order valence-corrected chi connectivity index (χ0v) is 24.2. The van der Waals surface area contributed by atoms with Gasteiger partial charge >= 0.3 is 6.03 Å². The Kier molecular flexibility index (Phi) is 9.27. The van der Waals surface area contributed by atoms with Crippen LogP contribution in [0.1, 0.15) is 12.5 Å². The predicted octanol–water partition coefficient (Wildman–Crippen LogP) is 5.04. The van der Waals surface area contributed by atoms with Crippen LogP contribution >= 0.6 is 34.2 Å². The maximum absolute atomic E-state index is 13.3. The third-order valence-electron chi connectivity index (χ3n) is 5.57. The molecule has 0 saturated carbocycles. The molecule has 0 bridgehead atoms. The van der Waals surface area contributed by atoms with Crippen LogP contribution in [-0.2, 0) is 14.4 Å². The van der Waals surface area contributed by atoms with Crippen LogP contribution in [0.3, 0.4) is 0 Å². The van der Waals surface area contributed by atoms with Gasteiger partial charge in [0.25, 0.3) is 17.7 Å². The zero-order chi connectivity index (χ0) is 28.8. The molecule has 3 aromatic rings. The largest absolute Gasteiger partial charge is 0.497 e. The van der Waals surface area contributed by atoms with Crippen LogP contribution in [0.15, 0.2) is 66.2 Å². The lowest BCUT2D eigenvalue weighted by Gasteiger charge is -2.26. The molecule has 0 aliphatic carbocycles. The molecule has 1 aliphatic heterocycles. The molecule has 10 nitrogen and oxygen atoms in total. The molecule has 3 aromatic carbocycles. The van der Waals surface area contributed by atoms with Crippen molar-refractivity contribution in [1.29, 1.82) is 0 Å². The summed E-state index contributed by atoms with van der Waals surface area (Å²) in [7, 11) is 1.50. The van der Waals surface area contributed by atoms with Crippen LogP contribution in [0.5, 0.6) is 17.2 Å². The van der Waals surface area contributed by atoms with E-state index < -0.39 is 23.8 Å². The highest BCUT2D eigenvalue weighted by Crippen LogP contribution is 2.35. The summed E-state index contributed by atoms with van der Waals surface area (Å²) in [6, 6.07) is 15.5. The quantitative estimate of drug-likeness (QED) is 0.185. The van der Waals surface area contributed by atoms with Crippen LogP contribution in [0, 0.1) is 3.57 Å². The molecule has 12 heteroatoms. The minimum Gasteiger partial charge on any atom is -0.497 e. The number of methoxy groups -OCH3 is 1. The Hall–Kier alpha value is -4.10. The molecule has 0 spiro atoms. The average molecular weight is 676 g/mol. The maximum Gasteiger partial charge on any atom is 0.335 e. The number of imide groups is 2. The minimum absolute atomic E-state index is 0.249. The molecular weight excluding hydrogens is 653 g/mol. The number of para-hydroxylation sites is 1. The monoisotopic (exact) mass is 675 g/mol. The maximum atomic E-state index is 13.3. The van der Waals surface area contributed by atoms with Gasteiger partial charge in [-0.3, -0.25) is 19.7 Å². The van der Waals surface area contributed by atoms with Crippen molar-refractivity contribution in [2.45, 2.75) is 6.92 Å². The Labute approximate surface area is 248 Å². The van der Waals surface area contributed by atoms with Crippen LogP contribution in [0.4, 0.5) is 16.2 Å². The molecule has 1 heterocycles. The van der Waals surface area contributed by atoms with Crippen LogP contribution < -0.4 is 29.7 Å². The van der Waals surface area contributed by atoms with Crippen molar-refractivity contribution in [3.8, 4) is 17.2 Å². The summed E-state index contributed by atoms with van der Waals surface area (Å²) in [6.07, 6.45) is 1.36. The first-order valence-corrected chi connectivity index (χ1v) is 13.4. The number of carbonyl (C=O) groups is 4. The van der Waals surface area contributed by atoms with E-state index in [-0.39, 0.29) is 24.5 Å². The summed E-state index contributed by atoms with van der Waals surface area (Å²) in [5, 5.41) is 5.27. The molecule has 5 amide bonds. The summed E-state index contributed by atoms with van der Waals surface area (Å²) in [4.78, 5) is 51.7. The summed E-state index contributed by atoms with van der Waals surface area (Å²) in [5.74, 6) is -0.882. The Morgan fingerprint density at radius 1 is 1.07 bits per heavy atom. The third-order valence-corrected chi connectivity index (χ3v) is 6.70. The van der Waals surface area contributed by atoms with Gasteiger partial charge in [-0.25, -0.2) is 9.69 Å². The molecule has 40 heavy (non-hydrogen) atoms. The highest BCUT2D eigenvalue weighted by atomic mass is 127. The van der Waals surface area contributed by atoms with E-state index in [1.54, 1.807) is 55.5 Å². The number of hydrogen-bond donors (Lipinski definition) is 2. The van der Waals surface area contributed by atoms with Crippen molar-refractivity contribution in [1.82, 2.24) is 5.32 Å². The van der Waals surface area contributed by atoms with Crippen molar-refractivity contribution >= 4 is 75.4 Å². The van der Waals surface area contributed by atoms with Gasteiger partial charge in [0.15, 0.2) is 18.1 Å². The Morgan fingerprint density at radius 2 is 1.80 bits per heavy atom. The first-order valence-electron chi connectivity index (χ1n) is 11.9. The second-order valence-corrected chi connectivity index (χ2v) is 9.80. The number of amides is 5. The molecular formula is C28H23ClIN3O7. The first-order chi connectivity index (χ1) is 19.2. The van der Waals surface area contributed by atoms with Gasteiger partial charge in [0.2, 0.25) is 0 Å². The van der Waals surface area contributed by atoms with Crippen molar-refractivity contribution in [3.63, 3.8) is 0 Å². The van der Waals surface area contributed by atoms with E-state index >= 15 is 0 Å². The number of nitrogens with one attached hydrogen (secondary N) is 2. The summed E-state index contributed by atoms with van der Waals surface area (Å²) >= 11 is 8.10. The van der Waals surface area contributed by atoms with Gasteiger partial charge in [-0.05, 0) is 89.7 Å². The smallest absolute Gasteiger partial charge is 0.335 e. The fraction of sp³-hybridized carbons (Fsp3) is 0.143. The van der Waals surface area contributed by atoms with Crippen molar-refractivity contribution in [2.24, 2.45) is 0 Å². The Balaban J connectivity index is 1.58. The van der Waals surface area contributed by atoms with Gasteiger partial charge in [0, 0.05) is 0 Å². The van der Waals surface area contributed by atoms with Crippen LogP contribution in [0.2, 0.25) is 5.02 Å². The van der Waals surface area contributed by atoms with Gasteiger partial charge in [-0.15, -0.1) is 0 Å². The molecule has 206 valence electrons. The standard InChI is InChI=1S/C28H23ClIN3O7/c1-3-39-23-14-16(13-21(30)25(23)40-15-24(34)31-22-7-5-4-6-20(22)29)12-19-26(35)32-28(37)33(27(19)36)17-8-10-18(38-2)11-9-17/h4-14H,3,15H2,1-2H3,(H,31,34)(H,32,35,37)/b19-12+. The number of anilines is 2. The van der Waals surface area contributed by atoms with E-state index in [0.29, 0.717) is 37.1 Å². The molecule has 0 atom stereocenters. The predicted molar refractivity (Wildman–Crippen MR) is 158 cm³/mol. The Bertz CT molecular complexity index is 1510. The number of nitrogens with zero attached hydrogens (tertiary/aromatic N) is 1. The van der Waals surface area contributed by atoms with E-state index in [2.05, 4.69) is 10.6 Å². The van der Waals surface area contributed by atoms with Gasteiger partial charge < -0.3 is 19.5 Å². The Morgan fingerprint density at radius 3 is 2.48 bits per heavy atom. The van der Waals surface area contributed by atoms with Crippen LogP contribution in [-0.4, -0.2) is 44.1 Å². The molecule has 1 aliphatic rings. The van der Waals surface area contributed by atoms with Crippen molar-refractivity contribution in [2.75, 3.05) is 30.5 Å². The normalized spacial score (nSPS) is 14.2. The third kappa shape index (κ3) is 6.54. The van der Waals surface area contributed by atoms with Crippen molar-refractivity contribution < 1.29 is 33.4 Å². The highest BCUT2D eigenvalue weighted by molar-refractivity contribution is 14.1. The molecule has 1 fully saturated rings. The van der Waals surface area contributed by atoms with E-state index in [9.17, 15) is 19.2 Å². The number of hydrogen-bond acceptors (Lipinski definition) is 7.